The summed E-state index contributed by atoms with van der Waals surface area (Å²) in [6, 6.07) is 17.8. The lowest BCUT2D eigenvalue weighted by atomic mass is 10.1. The van der Waals surface area contributed by atoms with Crippen molar-refractivity contribution in [2.45, 2.75) is 13.0 Å². The van der Waals surface area contributed by atoms with Crippen LogP contribution in [0.5, 0.6) is 5.75 Å². The first-order valence-corrected chi connectivity index (χ1v) is 8.75. The fourth-order valence-electron chi connectivity index (χ4n) is 2.53. The van der Waals surface area contributed by atoms with Gasteiger partial charge < -0.3 is 15.4 Å². The molecule has 0 saturated heterocycles. The smallest absolute Gasteiger partial charge is 0.254 e. The molecule has 0 unspecified atom stereocenters. The molecule has 0 atom stereocenters. The highest BCUT2D eigenvalue weighted by atomic mass is 16.5. The Bertz CT molecular complexity index is 850. The third-order valence-electron chi connectivity index (χ3n) is 4.07. The second-order valence-electron chi connectivity index (χ2n) is 5.99. The number of rotatable bonds is 8. The Morgan fingerprint density at radius 2 is 1.67 bits per heavy atom. The van der Waals surface area contributed by atoms with E-state index in [0.29, 0.717) is 24.6 Å². The molecule has 1 heterocycles. The molecule has 0 bridgehead atoms. The molecule has 3 rings (SSSR count). The first kappa shape index (κ1) is 18.4. The van der Waals surface area contributed by atoms with Crippen LogP contribution in [0.4, 0.5) is 5.95 Å². The maximum absolute atomic E-state index is 12.2. The van der Waals surface area contributed by atoms with Gasteiger partial charge in [0.2, 0.25) is 5.95 Å². The van der Waals surface area contributed by atoms with Gasteiger partial charge in [0.15, 0.2) is 0 Å². The van der Waals surface area contributed by atoms with Crippen LogP contribution in [-0.2, 0) is 13.0 Å². The highest BCUT2D eigenvalue weighted by molar-refractivity contribution is 5.93. The zero-order valence-electron chi connectivity index (χ0n) is 15.2. The van der Waals surface area contributed by atoms with Crippen molar-refractivity contribution in [3.05, 3.63) is 83.7 Å². The number of hydrogen-bond acceptors (Lipinski definition) is 5. The average molecular weight is 362 g/mol. The van der Waals surface area contributed by atoms with Gasteiger partial charge in [-0.15, -0.1) is 0 Å². The minimum absolute atomic E-state index is 0.173. The third kappa shape index (κ3) is 5.54. The summed E-state index contributed by atoms with van der Waals surface area (Å²) in [6.45, 7) is 1.16. The van der Waals surface area contributed by atoms with Crippen molar-refractivity contribution >= 4 is 11.9 Å². The van der Waals surface area contributed by atoms with Gasteiger partial charge in [-0.3, -0.25) is 4.79 Å². The molecule has 0 aliphatic heterocycles. The summed E-state index contributed by atoms with van der Waals surface area (Å²) in [5.41, 5.74) is 2.72. The van der Waals surface area contributed by atoms with Gasteiger partial charge in [0.1, 0.15) is 5.75 Å². The van der Waals surface area contributed by atoms with E-state index >= 15 is 0 Å². The second kappa shape index (κ2) is 9.33. The fraction of sp³-hybridized carbons (Fsp3) is 0.190. The molecule has 6 heteroatoms. The second-order valence-corrected chi connectivity index (χ2v) is 5.99. The highest BCUT2D eigenvalue weighted by Gasteiger charge is 2.07. The SMILES string of the molecule is COc1ccc(CNc2ncc(C(=O)NCCc3ccccc3)cn2)cc1. The molecule has 0 aliphatic rings. The molecule has 2 N–H and O–H groups in total. The Kier molecular flexibility index (Phi) is 6.35. The maximum atomic E-state index is 12.2. The molecule has 0 spiro atoms. The third-order valence-corrected chi connectivity index (χ3v) is 4.07. The summed E-state index contributed by atoms with van der Waals surface area (Å²) in [6.07, 6.45) is 3.84. The predicted molar refractivity (Wildman–Crippen MR) is 105 cm³/mol. The zero-order chi connectivity index (χ0) is 18.9. The van der Waals surface area contributed by atoms with E-state index in [2.05, 4.69) is 20.6 Å². The van der Waals surface area contributed by atoms with Crippen LogP contribution in [0.25, 0.3) is 0 Å². The molecular weight excluding hydrogens is 340 g/mol. The molecule has 0 saturated carbocycles. The van der Waals surface area contributed by atoms with E-state index in [1.165, 1.54) is 18.0 Å². The van der Waals surface area contributed by atoms with Gasteiger partial charge in [0.25, 0.3) is 5.91 Å². The van der Waals surface area contributed by atoms with Crippen LogP contribution in [0, 0.1) is 0 Å². The standard InChI is InChI=1S/C21H22N4O2/c1-27-19-9-7-17(8-10-19)13-23-21-24-14-18(15-25-21)20(26)22-12-11-16-5-3-2-4-6-16/h2-10,14-15H,11-13H2,1H3,(H,22,26)(H,23,24,25). The van der Waals surface area contributed by atoms with Gasteiger partial charge in [-0.2, -0.15) is 0 Å². The topological polar surface area (TPSA) is 76.1 Å². The lowest BCUT2D eigenvalue weighted by Gasteiger charge is -2.07. The van der Waals surface area contributed by atoms with Crippen LogP contribution in [-0.4, -0.2) is 29.5 Å². The maximum Gasteiger partial charge on any atom is 0.254 e. The number of nitrogens with zero attached hydrogens (tertiary/aromatic N) is 2. The highest BCUT2D eigenvalue weighted by Crippen LogP contribution is 2.12. The van der Waals surface area contributed by atoms with Gasteiger partial charge in [-0.25, -0.2) is 9.97 Å². The molecule has 0 fully saturated rings. The lowest BCUT2D eigenvalue weighted by molar-refractivity contribution is 0.0953. The number of benzene rings is 2. The van der Waals surface area contributed by atoms with Crippen LogP contribution in [0.15, 0.2) is 67.0 Å². The number of nitrogens with one attached hydrogen (secondary N) is 2. The lowest BCUT2D eigenvalue weighted by Crippen LogP contribution is -2.26. The minimum atomic E-state index is -0.173. The van der Waals surface area contributed by atoms with Crippen molar-refractivity contribution < 1.29 is 9.53 Å². The van der Waals surface area contributed by atoms with Crippen LogP contribution in [0.2, 0.25) is 0 Å². The van der Waals surface area contributed by atoms with Crippen molar-refractivity contribution in [3.63, 3.8) is 0 Å². The molecular formula is C21H22N4O2. The Hall–Kier alpha value is -3.41. The summed E-state index contributed by atoms with van der Waals surface area (Å²) in [5.74, 6) is 1.12. The summed E-state index contributed by atoms with van der Waals surface area (Å²) >= 11 is 0. The number of aromatic nitrogens is 2. The molecule has 3 aromatic rings. The van der Waals surface area contributed by atoms with Gasteiger partial charge in [-0.05, 0) is 29.7 Å². The summed E-state index contributed by atoms with van der Waals surface area (Å²) < 4.78 is 5.14. The van der Waals surface area contributed by atoms with E-state index in [1.807, 2.05) is 54.6 Å². The van der Waals surface area contributed by atoms with Crippen molar-refractivity contribution in [2.75, 3.05) is 19.0 Å². The summed E-state index contributed by atoms with van der Waals surface area (Å²) in [4.78, 5) is 20.6. The minimum Gasteiger partial charge on any atom is -0.497 e. The molecule has 0 radical (unpaired) electrons. The molecule has 1 amide bonds. The Morgan fingerprint density at radius 3 is 2.33 bits per heavy atom. The van der Waals surface area contributed by atoms with Crippen molar-refractivity contribution in [1.29, 1.82) is 0 Å². The summed E-state index contributed by atoms with van der Waals surface area (Å²) in [7, 11) is 1.64. The van der Waals surface area contributed by atoms with Crippen LogP contribution in [0.3, 0.4) is 0 Å². The number of amides is 1. The Balaban J connectivity index is 1.46. The normalized spacial score (nSPS) is 10.3. The Labute approximate surface area is 158 Å². The first-order valence-electron chi connectivity index (χ1n) is 8.75. The van der Waals surface area contributed by atoms with E-state index in [0.717, 1.165) is 17.7 Å². The predicted octanol–water partition coefficient (Wildman–Crippen LogP) is 3.07. The van der Waals surface area contributed by atoms with E-state index in [9.17, 15) is 4.79 Å². The van der Waals surface area contributed by atoms with Crippen LogP contribution < -0.4 is 15.4 Å². The number of carbonyl (C=O) groups excluding carboxylic acids is 1. The van der Waals surface area contributed by atoms with E-state index in [-0.39, 0.29) is 5.91 Å². The van der Waals surface area contributed by atoms with E-state index in [4.69, 9.17) is 4.74 Å². The monoisotopic (exact) mass is 362 g/mol. The molecule has 2 aromatic carbocycles. The van der Waals surface area contributed by atoms with Gasteiger partial charge >= 0.3 is 0 Å². The van der Waals surface area contributed by atoms with E-state index in [1.54, 1.807) is 7.11 Å². The average Bonchev–Trinajstić information content (AvgIpc) is 2.73. The van der Waals surface area contributed by atoms with Crippen molar-refractivity contribution in [1.82, 2.24) is 15.3 Å². The number of carbonyl (C=O) groups is 1. The first-order chi connectivity index (χ1) is 13.2. The van der Waals surface area contributed by atoms with Crippen molar-refractivity contribution in [3.8, 4) is 5.75 Å². The summed E-state index contributed by atoms with van der Waals surface area (Å²) in [5, 5.41) is 6.02. The van der Waals surface area contributed by atoms with Crippen LogP contribution >= 0.6 is 0 Å². The quantitative estimate of drug-likeness (QED) is 0.644. The Morgan fingerprint density at radius 1 is 0.963 bits per heavy atom. The van der Waals surface area contributed by atoms with Gasteiger partial charge in [-0.1, -0.05) is 42.5 Å². The number of ether oxygens (including phenoxy) is 1. The molecule has 138 valence electrons. The number of hydrogen-bond donors (Lipinski definition) is 2. The molecule has 6 nitrogen and oxygen atoms in total. The van der Waals surface area contributed by atoms with Gasteiger partial charge in [0, 0.05) is 25.5 Å². The molecule has 1 aromatic heterocycles. The fourth-order valence-corrected chi connectivity index (χ4v) is 2.53. The molecule has 0 aliphatic carbocycles. The largest absolute Gasteiger partial charge is 0.497 e. The van der Waals surface area contributed by atoms with Gasteiger partial charge in [0.05, 0.1) is 12.7 Å². The molecule has 27 heavy (non-hydrogen) atoms. The zero-order valence-corrected chi connectivity index (χ0v) is 15.2. The number of anilines is 1. The van der Waals surface area contributed by atoms with Crippen LogP contribution in [0.1, 0.15) is 21.5 Å². The van der Waals surface area contributed by atoms with E-state index < -0.39 is 0 Å². The number of methoxy groups -OCH3 is 1. The van der Waals surface area contributed by atoms with Crippen molar-refractivity contribution in [2.24, 2.45) is 0 Å².